The highest BCUT2D eigenvalue weighted by molar-refractivity contribution is 5.81. The zero-order valence-electron chi connectivity index (χ0n) is 20.8. The molecule has 0 amide bonds. The summed E-state index contributed by atoms with van der Waals surface area (Å²) in [6, 6.07) is 1.89. The second kappa shape index (κ2) is 11.5. The molecule has 0 aromatic carbocycles. The van der Waals surface area contributed by atoms with Crippen molar-refractivity contribution in [3.63, 3.8) is 0 Å². The second-order valence-electron chi connectivity index (χ2n) is 7.47. The molecule has 2 aliphatic rings. The van der Waals surface area contributed by atoms with Crippen molar-refractivity contribution in [3.8, 4) is 0 Å². The molecular formula is C22H37N7O4. The van der Waals surface area contributed by atoms with Crippen LogP contribution in [0.2, 0.25) is 0 Å². The Labute approximate surface area is 194 Å². The fraction of sp³-hybridized carbons (Fsp3) is 0.636. The van der Waals surface area contributed by atoms with Crippen molar-refractivity contribution in [2.45, 2.75) is 78.8 Å². The smallest absolute Gasteiger partial charge is 0.167 e. The molecule has 0 bridgehead atoms. The number of nitrogens with zero attached hydrogens (tertiary/aromatic N) is 6. The number of ether oxygens (including phenoxy) is 3. The Balaban J connectivity index is 0.000000327. The molecule has 4 unspecified atom stereocenters. The second-order valence-corrected chi connectivity index (χ2v) is 7.47. The normalized spacial score (nSPS) is 24.6. The Morgan fingerprint density at radius 2 is 1.79 bits per heavy atom. The summed E-state index contributed by atoms with van der Waals surface area (Å²) in [5.74, 6) is 0.141. The summed E-state index contributed by atoms with van der Waals surface area (Å²) < 4.78 is 21.3. The van der Waals surface area contributed by atoms with Crippen LogP contribution in [-0.2, 0) is 21.3 Å². The van der Waals surface area contributed by atoms with E-state index >= 15 is 0 Å². The minimum absolute atomic E-state index is 0.153. The van der Waals surface area contributed by atoms with E-state index < -0.39 is 18.1 Å². The molecule has 11 nitrogen and oxygen atoms in total. The summed E-state index contributed by atoms with van der Waals surface area (Å²) in [6.45, 7) is 13.3. The van der Waals surface area contributed by atoms with Crippen LogP contribution in [0.25, 0.3) is 11.2 Å². The van der Waals surface area contributed by atoms with E-state index in [1.165, 1.54) is 0 Å². The van der Waals surface area contributed by atoms with E-state index in [1.807, 2.05) is 60.9 Å². The number of nitrogen functional groups attached to an aromatic ring is 1. The Kier molecular flexibility index (Phi) is 9.29. The molecule has 3 aromatic heterocycles. The van der Waals surface area contributed by atoms with Crippen LogP contribution in [0.15, 0.2) is 24.8 Å². The fourth-order valence-electron chi connectivity index (χ4n) is 3.61. The number of aliphatic hydroxyl groups is 1. The van der Waals surface area contributed by atoms with Gasteiger partial charge in [-0.3, -0.25) is 9.25 Å². The fourth-order valence-corrected chi connectivity index (χ4v) is 3.61. The van der Waals surface area contributed by atoms with Crippen molar-refractivity contribution in [1.29, 1.82) is 0 Å². The van der Waals surface area contributed by atoms with Crippen molar-refractivity contribution in [2.75, 3.05) is 12.3 Å². The third-order valence-electron chi connectivity index (χ3n) is 4.78. The molecule has 2 fully saturated rings. The maximum Gasteiger partial charge on any atom is 0.167 e. The maximum absolute atomic E-state index is 9.57. The highest BCUT2D eigenvalue weighted by atomic mass is 16.8. The minimum atomic E-state index is -0.731. The van der Waals surface area contributed by atoms with E-state index in [0.29, 0.717) is 22.8 Å². The van der Waals surface area contributed by atoms with E-state index in [-0.39, 0.29) is 18.8 Å². The molecule has 4 atom stereocenters. The first-order valence-corrected chi connectivity index (χ1v) is 11.3. The van der Waals surface area contributed by atoms with Gasteiger partial charge in [0.25, 0.3) is 0 Å². The molecule has 0 spiro atoms. The molecule has 0 aliphatic carbocycles. The van der Waals surface area contributed by atoms with Crippen molar-refractivity contribution in [2.24, 2.45) is 7.05 Å². The number of hydrogen-bond acceptors (Lipinski definition) is 9. The lowest BCUT2D eigenvalue weighted by Crippen LogP contribution is -2.31. The van der Waals surface area contributed by atoms with Gasteiger partial charge in [-0.25, -0.2) is 15.0 Å². The van der Waals surface area contributed by atoms with Crippen LogP contribution in [-0.4, -0.2) is 65.1 Å². The highest BCUT2D eigenvalue weighted by Crippen LogP contribution is 2.43. The standard InChI is InChI=1S/C14H19N5O4.C4H6N2.2C2H6/c1-6-17-11(15)8-12(18-6)19(5-16-8)13-10-9(7(4-20)21-13)22-14(2,3)23-10;1-6-4-2-3-5-6;2*1-2/h5,7,9-10,13,20H,4H2,1-3H3,(H2,15,17,18);2-4H,1H3;2*1-2H3. The van der Waals surface area contributed by atoms with Gasteiger partial charge >= 0.3 is 0 Å². The average Bonchev–Trinajstić information content (AvgIpc) is 3.55. The van der Waals surface area contributed by atoms with Crippen molar-refractivity contribution >= 4 is 17.0 Å². The number of nitrogens with two attached hydrogens (primary N) is 1. The molecule has 2 saturated heterocycles. The van der Waals surface area contributed by atoms with Gasteiger partial charge in [0.15, 0.2) is 23.5 Å². The highest BCUT2D eigenvalue weighted by Gasteiger charge is 2.55. The largest absolute Gasteiger partial charge is 0.394 e. The van der Waals surface area contributed by atoms with Crippen LogP contribution in [0.1, 0.15) is 53.6 Å². The van der Waals surface area contributed by atoms with E-state index in [1.54, 1.807) is 28.7 Å². The van der Waals surface area contributed by atoms with Crippen molar-refractivity contribution < 1.29 is 19.3 Å². The molecular weight excluding hydrogens is 426 g/mol. The molecule has 3 N–H and O–H groups in total. The first-order chi connectivity index (χ1) is 15.8. The number of anilines is 1. The Bertz CT molecular complexity index is 990. The van der Waals surface area contributed by atoms with Gasteiger partial charge in [-0.15, -0.1) is 0 Å². The van der Waals surface area contributed by atoms with E-state index in [2.05, 4.69) is 20.1 Å². The average molecular weight is 464 g/mol. The number of hydrogen-bond donors (Lipinski definition) is 2. The van der Waals surface area contributed by atoms with Crippen LogP contribution < -0.4 is 5.73 Å². The Hall–Kier alpha value is -2.60. The van der Waals surface area contributed by atoms with Gasteiger partial charge in [-0.05, 0) is 26.8 Å². The molecule has 3 aromatic rings. The quantitative estimate of drug-likeness (QED) is 0.588. The SMILES string of the molecule is CC.CC.Cc1nc(N)c2ncn(C3OC(CO)C4OC(C)(C)OC43)c2n1.Cn1cccn1. The molecule has 33 heavy (non-hydrogen) atoms. The molecule has 184 valence electrons. The summed E-state index contributed by atoms with van der Waals surface area (Å²) in [7, 11) is 1.89. The zero-order valence-corrected chi connectivity index (χ0v) is 20.8. The van der Waals surface area contributed by atoms with Crippen molar-refractivity contribution in [1.82, 2.24) is 29.3 Å². The van der Waals surface area contributed by atoms with Gasteiger partial charge in [-0.2, -0.15) is 5.10 Å². The summed E-state index contributed by atoms with van der Waals surface area (Å²) >= 11 is 0. The maximum atomic E-state index is 9.57. The molecule has 0 saturated carbocycles. The minimum Gasteiger partial charge on any atom is -0.394 e. The number of aryl methyl sites for hydroxylation is 2. The van der Waals surface area contributed by atoms with E-state index in [0.717, 1.165) is 0 Å². The van der Waals surface area contributed by atoms with Crippen molar-refractivity contribution in [3.05, 3.63) is 30.6 Å². The predicted molar refractivity (Wildman–Crippen MR) is 125 cm³/mol. The molecule has 5 rings (SSSR count). The topological polar surface area (TPSA) is 135 Å². The molecule has 5 heterocycles. The third kappa shape index (κ3) is 5.85. The predicted octanol–water partition coefficient (Wildman–Crippen LogP) is 2.60. The van der Waals surface area contributed by atoms with Gasteiger partial charge in [0.1, 0.15) is 29.7 Å². The van der Waals surface area contributed by atoms with E-state index in [4.69, 9.17) is 19.9 Å². The number of rotatable bonds is 2. The molecule has 0 radical (unpaired) electrons. The van der Waals surface area contributed by atoms with Crippen LogP contribution >= 0.6 is 0 Å². The first-order valence-electron chi connectivity index (χ1n) is 11.3. The summed E-state index contributed by atoms with van der Waals surface area (Å²) in [5, 5.41) is 13.4. The van der Waals surface area contributed by atoms with Gasteiger partial charge < -0.3 is 25.1 Å². The molecule has 11 heteroatoms. The van der Waals surface area contributed by atoms with Crippen LogP contribution in [0.4, 0.5) is 5.82 Å². The van der Waals surface area contributed by atoms with Gasteiger partial charge in [-0.1, -0.05) is 27.7 Å². The first kappa shape index (κ1) is 26.7. The van der Waals surface area contributed by atoms with Gasteiger partial charge in [0.2, 0.25) is 0 Å². The van der Waals surface area contributed by atoms with Gasteiger partial charge in [0.05, 0.1) is 12.9 Å². The number of aliphatic hydroxyl groups excluding tert-OH is 1. The van der Waals surface area contributed by atoms with Crippen LogP contribution in [0, 0.1) is 6.92 Å². The lowest BCUT2D eigenvalue weighted by Gasteiger charge is -2.24. The lowest BCUT2D eigenvalue weighted by molar-refractivity contribution is -0.199. The zero-order chi connectivity index (χ0) is 24.8. The number of aromatic nitrogens is 6. The Morgan fingerprint density at radius 3 is 2.33 bits per heavy atom. The lowest BCUT2D eigenvalue weighted by atomic mass is 10.1. The van der Waals surface area contributed by atoms with Crippen LogP contribution in [0.3, 0.4) is 0 Å². The van der Waals surface area contributed by atoms with E-state index in [9.17, 15) is 5.11 Å². The monoisotopic (exact) mass is 463 g/mol. The number of imidazole rings is 1. The van der Waals surface area contributed by atoms with Gasteiger partial charge in [0, 0.05) is 19.4 Å². The summed E-state index contributed by atoms with van der Waals surface area (Å²) in [6.07, 6.45) is 3.56. The molecule has 2 aliphatic heterocycles. The summed E-state index contributed by atoms with van der Waals surface area (Å²) in [5.41, 5.74) is 7.00. The third-order valence-corrected chi connectivity index (χ3v) is 4.78. The Morgan fingerprint density at radius 1 is 1.12 bits per heavy atom. The number of fused-ring (bicyclic) bond motifs is 2. The summed E-state index contributed by atoms with van der Waals surface area (Å²) in [4.78, 5) is 12.8. The van der Waals surface area contributed by atoms with Crippen LogP contribution in [0.5, 0.6) is 0 Å².